The molecule has 0 saturated heterocycles. The first-order valence-electron chi connectivity index (χ1n) is 4.49. The highest BCUT2D eigenvalue weighted by Crippen LogP contribution is 1.95. The van der Waals surface area contributed by atoms with E-state index in [2.05, 4.69) is 10.1 Å². The van der Waals surface area contributed by atoms with E-state index in [1.54, 1.807) is 4.68 Å². The van der Waals surface area contributed by atoms with E-state index in [0.717, 1.165) is 30.9 Å². The molecule has 1 heterocycles. The monoisotopic (exact) mass is 180 g/mol. The van der Waals surface area contributed by atoms with Gasteiger partial charge >= 0.3 is 0 Å². The largest absolute Gasteiger partial charge is 0.387 e. The molecule has 0 bridgehead atoms. The third-order valence-corrected chi connectivity index (χ3v) is 1.81. The Kier molecular flexibility index (Phi) is 3.49. The van der Waals surface area contributed by atoms with Crippen molar-refractivity contribution in [2.24, 2.45) is 17.8 Å². The fourth-order valence-corrected chi connectivity index (χ4v) is 1.02. The van der Waals surface area contributed by atoms with E-state index >= 15 is 0 Å². The van der Waals surface area contributed by atoms with Crippen LogP contribution < -0.4 is 5.73 Å². The van der Waals surface area contributed by atoms with Gasteiger partial charge in [0.2, 0.25) is 0 Å². The average molecular weight is 180 g/mol. The molecule has 1 aromatic heterocycles. The van der Waals surface area contributed by atoms with Crippen LogP contribution in [0.4, 0.5) is 0 Å². The van der Waals surface area contributed by atoms with Crippen molar-refractivity contribution in [1.82, 2.24) is 9.78 Å². The lowest BCUT2D eigenvalue weighted by Gasteiger charge is -1.95. The highest BCUT2D eigenvalue weighted by Gasteiger charge is 1.95. The van der Waals surface area contributed by atoms with Gasteiger partial charge in [0.1, 0.15) is 0 Å². The molecule has 0 aliphatic carbocycles. The minimum Gasteiger partial charge on any atom is -0.387 e. The number of aliphatic imine (C=N–C) groups is 1. The summed E-state index contributed by atoms with van der Waals surface area (Å²) in [5, 5.41) is 4.24. The van der Waals surface area contributed by atoms with E-state index in [9.17, 15) is 0 Å². The van der Waals surface area contributed by atoms with Crippen molar-refractivity contribution in [2.75, 3.05) is 6.54 Å². The predicted molar refractivity (Wildman–Crippen MR) is 53.7 cm³/mol. The summed E-state index contributed by atoms with van der Waals surface area (Å²) in [4.78, 5) is 4.19. The number of rotatable bonds is 4. The number of amidine groups is 1. The van der Waals surface area contributed by atoms with Crippen molar-refractivity contribution in [2.45, 2.75) is 19.8 Å². The molecule has 0 aliphatic heterocycles. The van der Waals surface area contributed by atoms with Crippen LogP contribution in [0.2, 0.25) is 0 Å². The average Bonchev–Trinajstić information content (AvgIpc) is 2.51. The zero-order valence-electron chi connectivity index (χ0n) is 8.20. The molecule has 4 heteroatoms. The van der Waals surface area contributed by atoms with Crippen molar-refractivity contribution >= 4 is 5.84 Å². The summed E-state index contributed by atoms with van der Waals surface area (Å²) in [5.74, 6) is 0.718. The lowest BCUT2D eigenvalue weighted by atomic mass is 10.3. The molecule has 13 heavy (non-hydrogen) atoms. The lowest BCUT2D eigenvalue weighted by molar-refractivity contribution is 0.739. The highest BCUT2D eigenvalue weighted by molar-refractivity contribution is 5.79. The van der Waals surface area contributed by atoms with Gasteiger partial charge in [-0.05, 0) is 6.07 Å². The Morgan fingerprint density at radius 1 is 1.69 bits per heavy atom. The first-order valence-corrected chi connectivity index (χ1v) is 4.49. The van der Waals surface area contributed by atoms with Crippen LogP contribution in [-0.2, 0) is 13.5 Å². The maximum absolute atomic E-state index is 5.57. The smallest absolute Gasteiger partial charge is 0.0934 e. The molecular formula is C9H16N4. The molecule has 0 saturated carbocycles. The zero-order valence-corrected chi connectivity index (χ0v) is 8.20. The molecule has 0 fully saturated rings. The normalized spacial score (nSPS) is 12.0. The van der Waals surface area contributed by atoms with Crippen LogP contribution in [0.5, 0.6) is 0 Å². The molecule has 1 aromatic rings. The number of nitrogens with two attached hydrogens (primary N) is 1. The van der Waals surface area contributed by atoms with Gasteiger partial charge in [0.05, 0.1) is 11.5 Å². The number of aromatic nitrogens is 2. The first-order chi connectivity index (χ1) is 6.22. The summed E-state index contributed by atoms with van der Waals surface area (Å²) >= 11 is 0. The standard InChI is InChI=1S/C9H16N4/c1-3-9(10)11-6-4-8-5-7-13(2)12-8/h5,7H,3-4,6H2,1-2H3,(H2,10,11). The van der Waals surface area contributed by atoms with Crippen LogP contribution in [0.1, 0.15) is 19.0 Å². The second-order valence-electron chi connectivity index (χ2n) is 2.96. The predicted octanol–water partition coefficient (Wildman–Crippen LogP) is 0.730. The minimum atomic E-state index is 0.718. The molecule has 0 radical (unpaired) electrons. The third-order valence-electron chi connectivity index (χ3n) is 1.81. The number of nitrogens with zero attached hydrogens (tertiary/aromatic N) is 3. The summed E-state index contributed by atoms with van der Waals surface area (Å²) in [6.45, 7) is 2.73. The summed E-state index contributed by atoms with van der Waals surface area (Å²) in [6, 6.07) is 2.00. The van der Waals surface area contributed by atoms with E-state index in [0.29, 0.717) is 0 Å². The molecule has 0 aromatic carbocycles. The fraction of sp³-hybridized carbons (Fsp3) is 0.556. The van der Waals surface area contributed by atoms with E-state index in [1.807, 2.05) is 26.2 Å². The Bertz CT molecular complexity index is 288. The molecular weight excluding hydrogens is 164 g/mol. The van der Waals surface area contributed by atoms with Crippen molar-refractivity contribution in [3.05, 3.63) is 18.0 Å². The van der Waals surface area contributed by atoms with Gasteiger partial charge in [-0.3, -0.25) is 9.67 Å². The third kappa shape index (κ3) is 3.27. The number of hydrogen-bond acceptors (Lipinski definition) is 2. The molecule has 2 N–H and O–H groups in total. The molecule has 0 amide bonds. The van der Waals surface area contributed by atoms with Crippen LogP contribution in [0.3, 0.4) is 0 Å². The quantitative estimate of drug-likeness (QED) is 0.548. The lowest BCUT2D eigenvalue weighted by Crippen LogP contribution is -2.10. The van der Waals surface area contributed by atoms with Crippen molar-refractivity contribution < 1.29 is 0 Å². The summed E-state index contributed by atoms with van der Waals surface area (Å²) in [6.07, 6.45) is 3.62. The summed E-state index contributed by atoms with van der Waals surface area (Å²) < 4.78 is 1.79. The van der Waals surface area contributed by atoms with Gasteiger partial charge in [0, 0.05) is 32.6 Å². The Morgan fingerprint density at radius 3 is 3.00 bits per heavy atom. The highest BCUT2D eigenvalue weighted by atomic mass is 15.2. The van der Waals surface area contributed by atoms with Gasteiger partial charge in [0.25, 0.3) is 0 Å². The SMILES string of the molecule is CCC(N)=NCCc1ccn(C)n1. The summed E-state index contributed by atoms with van der Waals surface area (Å²) in [7, 11) is 1.91. The number of aryl methyl sites for hydroxylation is 1. The molecule has 72 valence electrons. The van der Waals surface area contributed by atoms with Crippen LogP contribution >= 0.6 is 0 Å². The maximum Gasteiger partial charge on any atom is 0.0934 e. The van der Waals surface area contributed by atoms with E-state index < -0.39 is 0 Å². The minimum absolute atomic E-state index is 0.718. The van der Waals surface area contributed by atoms with Crippen molar-refractivity contribution in [3.63, 3.8) is 0 Å². The topological polar surface area (TPSA) is 56.2 Å². The van der Waals surface area contributed by atoms with Crippen molar-refractivity contribution in [1.29, 1.82) is 0 Å². The number of hydrogen-bond donors (Lipinski definition) is 1. The first kappa shape index (κ1) is 9.77. The molecule has 1 rings (SSSR count). The Hall–Kier alpha value is -1.32. The maximum atomic E-state index is 5.57. The fourth-order valence-electron chi connectivity index (χ4n) is 1.02. The van der Waals surface area contributed by atoms with E-state index in [1.165, 1.54) is 0 Å². The van der Waals surface area contributed by atoms with Crippen molar-refractivity contribution in [3.8, 4) is 0 Å². The van der Waals surface area contributed by atoms with Crippen LogP contribution in [0, 0.1) is 0 Å². The van der Waals surface area contributed by atoms with Gasteiger partial charge in [-0.1, -0.05) is 6.92 Å². The van der Waals surface area contributed by atoms with E-state index in [4.69, 9.17) is 5.73 Å². The van der Waals surface area contributed by atoms with Crippen LogP contribution in [0.25, 0.3) is 0 Å². The molecule has 0 spiro atoms. The molecule has 0 unspecified atom stereocenters. The van der Waals surface area contributed by atoms with Gasteiger partial charge < -0.3 is 5.73 Å². The molecule has 4 nitrogen and oxygen atoms in total. The van der Waals surface area contributed by atoms with Gasteiger partial charge in [0.15, 0.2) is 0 Å². The second kappa shape index (κ2) is 4.64. The molecule has 0 atom stereocenters. The van der Waals surface area contributed by atoms with Crippen LogP contribution in [0.15, 0.2) is 17.3 Å². The Balaban J connectivity index is 2.35. The van der Waals surface area contributed by atoms with Gasteiger partial charge in [-0.15, -0.1) is 0 Å². The van der Waals surface area contributed by atoms with Gasteiger partial charge in [-0.2, -0.15) is 5.10 Å². The Morgan fingerprint density at radius 2 is 2.46 bits per heavy atom. The van der Waals surface area contributed by atoms with Crippen LogP contribution in [-0.4, -0.2) is 22.2 Å². The second-order valence-corrected chi connectivity index (χ2v) is 2.96. The Labute approximate surface area is 78.5 Å². The van der Waals surface area contributed by atoms with E-state index in [-0.39, 0.29) is 0 Å². The van der Waals surface area contributed by atoms with Gasteiger partial charge in [-0.25, -0.2) is 0 Å². The summed E-state index contributed by atoms with van der Waals surface area (Å²) in [5.41, 5.74) is 6.63. The molecule has 0 aliphatic rings. The zero-order chi connectivity index (χ0) is 9.68.